The van der Waals surface area contributed by atoms with Crippen LogP contribution in [0.2, 0.25) is 0 Å². The van der Waals surface area contributed by atoms with Gasteiger partial charge in [-0.25, -0.2) is 0 Å². The molecule has 2 aliphatic rings. The molecule has 3 rings (SSSR count). The second kappa shape index (κ2) is 5.29. The predicted molar refractivity (Wildman–Crippen MR) is 73.7 cm³/mol. The minimum absolute atomic E-state index is 0.223. The van der Waals surface area contributed by atoms with E-state index in [1.165, 1.54) is 16.8 Å². The molecule has 1 saturated heterocycles. The molecule has 0 bridgehead atoms. The Kier molecular flexibility index (Phi) is 3.51. The Balaban J connectivity index is 1.72. The topological polar surface area (TPSA) is 45.2 Å². The highest BCUT2D eigenvalue weighted by Gasteiger charge is 2.28. The van der Waals surface area contributed by atoms with Gasteiger partial charge in [0.15, 0.2) is 0 Å². The van der Waals surface area contributed by atoms with Gasteiger partial charge in [0.1, 0.15) is 0 Å². The lowest BCUT2D eigenvalue weighted by molar-refractivity contribution is -0.137. The van der Waals surface area contributed by atoms with E-state index in [9.17, 15) is 4.79 Å². The van der Waals surface area contributed by atoms with Crippen molar-refractivity contribution in [3.63, 3.8) is 0 Å². The van der Waals surface area contributed by atoms with Crippen LogP contribution in [0.1, 0.15) is 29.7 Å². The van der Waals surface area contributed by atoms with Crippen LogP contribution < -0.4 is 5.32 Å². The fourth-order valence-corrected chi connectivity index (χ4v) is 3.06. The SMILES string of the molecule is Cc1cnc2c(c1)CN(C(=O)C1CCNCC1)CC2. The van der Waals surface area contributed by atoms with Crippen molar-refractivity contribution in [3.05, 3.63) is 29.1 Å². The number of piperidine rings is 1. The summed E-state index contributed by atoms with van der Waals surface area (Å²) in [7, 11) is 0. The van der Waals surface area contributed by atoms with E-state index >= 15 is 0 Å². The summed E-state index contributed by atoms with van der Waals surface area (Å²) < 4.78 is 0. The molecule has 4 heteroatoms. The molecule has 0 aromatic carbocycles. The Hall–Kier alpha value is -1.42. The van der Waals surface area contributed by atoms with Crippen LogP contribution in [0.3, 0.4) is 0 Å². The van der Waals surface area contributed by atoms with Crippen LogP contribution in [0, 0.1) is 12.8 Å². The van der Waals surface area contributed by atoms with Crippen molar-refractivity contribution in [3.8, 4) is 0 Å². The molecule has 0 aliphatic carbocycles. The number of fused-ring (bicyclic) bond motifs is 1. The first-order valence-corrected chi connectivity index (χ1v) is 7.18. The van der Waals surface area contributed by atoms with Crippen molar-refractivity contribution in [2.24, 2.45) is 5.92 Å². The maximum absolute atomic E-state index is 12.5. The third-order valence-electron chi connectivity index (χ3n) is 4.18. The Morgan fingerprint density at radius 3 is 3.00 bits per heavy atom. The highest BCUT2D eigenvalue weighted by Crippen LogP contribution is 2.22. The summed E-state index contributed by atoms with van der Waals surface area (Å²) in [5, 5.41) is 3.31. The number of aryl methyl sites for hydroxylation is 1. The number of carbonyl (C=O) groups excluding carboxylic acids is 1. The number of nitrogens with one attached hydrogen (secondary N) is 1. The van der Waals surface area contributed by atoms with Crippen molar-refractivity contribution >= 4 is 5.91 Å². The van der Waals surface area contributed by atoms with Gasteiger partial charge in [-0.05, 0) is 44.0 Å². The first kappa shape index (κ1) is 12.6. The minimum atomic E-state index is 0.223. The lowest BCUT2D eigenvalue weighted by atomic mass is 9.95. The Bertz CT molecular complexity index is 480. The second-order valence-corrected chi connectivity index (χ2v) is 5.65. The van der Waals surface area contributed by atoms with E-state index in [1.807, 2.05) is 11.1 Å². The highest BCUT2D eigenvalue weighted by molar-refractivity contribution is 5.79. The molecular formula is C15H21N3O. The normalized spacial score (nSPS) is 20.2. The van der Waals surface area contributed by atoms with Gasteiger partial charge in [0.2, 0.25) is 5.91 Å². The highest BCUT2D eigenvalue weighted by atomic mass is 16.2. The average molecular weight is 259 g/mol. The third-order valence-corrected chi connectivity index (χ3v) is 4.18. The maximum atomic E-state index is 12.5. The smallest absolute Gasteiger partial charge is 0.226 e. The number of carbonyl (C=O) groups is 1. The molecule has 0 atom stereocenters. The monoisotopic (exact) mass is 259 g/mol. The van der Waals surface area contributed by atoms with Crippen molar-refractivity contribution in [1.29, 1.82) is 0 Å². The lowest BCUT2D eigenvalue weighted by Crippen LogP contribution is -2.43. The molecule has 1 amide bonds. The third kappa shape index (κ3) is 2.63. The van der Waals surface area contributed by atoms with Crippen LogP contribution in [0.25, 0.3) is 0 Å². The molecule has 4 nitrogen and oxygen atoms in total. The Morgan fingerprint density at radius 1 is 1.42 bits per heavy atom. The van der Waals surface area contributed by atoms with E-state index in [1.54, 1.807) is 0 Å². The predicted octanol–water partition coefficient (Wildman–Crippen LogP) is 1.27. The summed E-state index contributed by atoms with van der Waals surface area (Å²) in [6, 6.07) is 2.17. The zero-order valence-corrected chi connectivity index (χ0v) is 11.5. The van der Waals surface area contributed by atoms with Gasteiger partial charge >= 0.3 is 0 Å². The van der Waals surface area contributed by atoms with Crippen LogP contribution in [0.4, 0.5) is 0 Å². The number of amides is 1. The molecule has 0 unspecified atom stereocenters. The Labute approximate surface area is 114 Å². The van der Waals surface area contributed by atoms with Gasteiger partial charge in [-0.2, -0.15) is 0 Å². The van der Waals surface area contributed by atoms with Gasteiger partial charge in [-0.3, -0.25) is 9.78 Å². The first-order chi connectivity index (χ1) is 9.24. The van der Waals surface area contributed by atoms with E-state index in [0.717, 1.165) is 45.4 Å². The lowest BCUT2D eigenvalue weighted by Gasteiger charge is -2.33. The van der Waals surface area contributed by atoms with E-state index < -0.39 is 0 Å². The summed E-state index contributed by atoms with van der Waals surface area (Å²) >= 11 is 0. The van der Waals surface area contributed by atoms with Gasteiger partial charge in [0.25, 0.3) is 0 Å². The molecule has 0 spiro atoms. The molecule has 1 aromatic rings. The van der Waals surface area contributed by atoms with Gasteiger partial charge in [0.05, 0.1) is 0 Å². The fourth-order valence-electron chi connectivity index (χ4n) is 3.06. The number of nitrogens with zero attached hydrogens (tertiary/aromatic N) is 2. The zero-order valence-electron chi connectivity index (χ0n) is 11.5. The van der Waals surface area contributed by atoms with Gasteiger partial charge in [-0.15, -0.1) is 0 Å². The van der Waals surface area contributed by atoms with Crippen LogP contribution in [0.5, 0.6) is 0 Å². The summed E-state index contributed by atoms with van der Waals surface area (Å²) in [6.07, 6.45) is 4.78. The second-order valence-electron chi connectivity index (χ2n) is 5.65. The van der Waals surface area contributed by atoms with Crippen LogP contribution in [-0.4, -0.2) is 35.4 Å². The number of pyridine rings is 1. The summed E-state index contributed by atoms with van der Waals surface area (Å²) in [5.74, 6) is 0.564. The molecule has 1 fully saturated rings. The quantitative estimate of drug-likeness (QED) is 0.826. The van der Waals surface area contributed by atoms with E-state index in [4.69, 9.17) is 0 Å². The maximum Gasteiger partial charge on any atom is 0.226 e. The minimum Gasteiger partial charge on any atom is -0.338 e. The molecule has 102 valence electrons. The molecule has 0 radical (unpaired) electrons. The van der Waals surface area contributed by atoms with Gasteiger partial charge in [0, 0.05) is 37.3 Å². The summed E-state index contributed by atoms with van der Waals surface area (Å²) in [4.78, 5) is 19.0. The van der Waals surface area contributed by atoms with Crippen molar-refractivity contribution in [2.45, 2.75) is 32.7 Å². The number of rotatable bonds is 1. The number of aromatic nitrogens is 1. The summed E-state index contributed by atoms with van der Waals surface area (Å²) in [5.41, 5.74) is 3.57. The molecule has 1 N–H and O–H groups in total. The van der Waals surface area contributed by atoms with Crippen molar-refractivity contribution in [2.75, 3.05) is 19.6 Å². The summed E-state index contributed by atoms with van der Waals surface area (Å²) in [6.45, 7) is 5.57. The molecule has 2 aliphatic heterocycles. The van der Waals surface area contributed by atoms with Crippen molar-refractivity contribution < 1.29 is 4.79 Å². The zero-order chi connectivity index (χ0) is 13.2. The van der Waals surface area contributed by atoms with Gasteiger partial charge in [-0.1, -0.05) is 6.07 Å². The largest absolute Gasteiger partial charge is 0.338 e. The van der Waals surface area contributed by atoms with Crippen LogP contribution >= 0.6 is 0 Å². The van der Waals surface area contributed by atoms with Crippen molar-refractivity contribution in [1.82, 2.24) is 15.2 Å². The molecule has 0 saturated carbocycles. The fraction of sp³-hybridized carbons (Fsp3) is 0.600. The van der Waals surface area contributed by atoms with Crippen LogP contribution in [0.15, 0.2) is 12.3 Å². The molecule has 19 heavy (non-hydrogen) atoms. The number of hydrogen-bond acceptors (Lipinski definition) is 3. The molecule has 1 aromatic heterocycles. The van der Waals surface area contributed by atoms with E-state index in [2.05, 4.69) is 23.3 Å². The average Bonchev–Trinajstić information content (AvgIpc) is 2.46. The molecule has 3 heterocycles. The standard InChI is InChI=1S/C15H21N3O/c1-11-8-13-10-18(7-4-14(13)17-9-11)15(19)12-2-5-16-6-3-12/h8-9,12,16H,2-7,10H2,1H3. The van der Waals surface area contributed by atoms with Crippen LogP contribution in [-0.2, 0) is 17.8 Å². The number of hydrogen-bond donors (Lipinski definition) is 1. The Morgan fingerprint density at radius 2 is 2.21 bits per heavy atom. The van der Waals surface area contributed by atoms with E-state index in [0.29, 0.717) is 5.91 Å². The van der Waals surface area contributed by atoms with Gasteiger partial charge < -0.3 is 10.2 Å². The first-order valence-electron chi connectivity index (χ1n) is 7.18. The molecular weight excluding hydrogens is 238 g/mol. The van der Waals surface area contributed by atoms with E-state index in [-0.39, 0.29) is 5.92 Å².